The van der Waals surface area contributed by atoms with Gasteiger partial charge in [-0.2, -0.15) is 0 Å². The fourth-order valence-electron chi connectivity index (χ4n) is 0.254. The highest BCUT2D eigenvalue weighted by Gasteiger charge is 2.27. The maximum absolute atomic E-state index is 7.12. The number of halogens is 4. The second kappa shape index (κ2) is 4.50. The quantitative estimate of drug-likeness (QED) is 0.383. The fraction of sp³-hybridized carbons (Fsp3) is 0.750. The Hall–Kier alpha value is 0.630. The lowest BCUT2D eigenvalue weighted by Gasteiger charge is -2.19. The Kier molecular flexibility index (Phi) is 5.95. The zero-order valence-electron chi connectivity index (χ0n) is 5.49. The van der Waals surface area contributed by atoms with Gasteiger partial charge in [-0.1, -0.05) is 34.8 Å². The molecule has 0 spiro atoms. The Morgan fingerprint density at radius 1 is 1.30 bits per heavy atom. The smallest absolute Gasteiger partial charge is 0.247 e. The van der Waals surface area contributed by atoms with E-state index in [-0.39, 0.29) is 18.2 Å². The standard InChI is InChI=1S/C4H7Cl3N2.ClH/c1-9(2)3(8)4(5,6)7;/h8H,1-2H3;1H. The van der Waals surface area contributed by atoms with Crippen molar-refractivity contribution in [3.05, 3.63) is 0 Å². The molecule has 0 aliphatic carbocycles. The van der Waals surface area contributed by atoms with Crippen LogP contribution in [0.5, 0.6) is 0 Å². The molecule has 0 aliphatic rings. The van der Waals surface area contributed by atoms with E-state index in [0.717, 1.165) is 0 Å². The Bertz CT molecular complexity index is 117. The summed E-state index contributed by atoms with van der Waals surface area (Å²) in [7, 11) is 3.29. The molecule has 0 atom stereocenters. The first kappa shape index (κ1) is 13.2. The van der Waals surface area contributed by atoms with E-state index >= 15 is 0 Å². The highest BCUT2D eigenvalue weighted by atomic mass is 35.6. The summed E-state index contributed by atoms with van der Waals surface area (Å²) < 4.78 is -1.59. The van der Waals surface area contributed by atoms with Gasteiger partial charge in [-0.05, 0) is 0 Å². The monoisotopic (exact) mass is 224 g/mol. The summed E-state index contributed by atoms with van der Waals surface area (Å²) >= 11 is 16.0. The summed E-state index contributed by atoms with van der Waals surface area (Å²) in [6.45, 7) is 0. The molecule has 0 aromatic carbocycles. The number of amidine groups is 1. The van der Waals surface area contributed by atoms with Gasteiger partial charge >= 0.3 is 0 Å². The Morgan fingerprint density at radius 3 is 1.60 bits per heavy atom. The zero-order valence-corrected chi connectivity index (χ0v) is 8.57. The highest BCUT2D eigenvalue weighted by molar-refractivity contribution is 6.76. The molecular weight excluding hydrogens is 218 g/mol. The van der Waals surface area contributed by atoms with Crippen molar-refractivity contribution in [3.8, 4) is 0 Å². The number of nitrogens with zero attached hydrogens (tertiary/aromatic N) is 1. The second-order valence-corrected chi connectivity index (χ2v) is 4.02. The van der Waals surface area contributed by atoms with Crippen LogP contribution in [0.3, 0.4) is 0 Å². The van der Waals surface area contributed by atoms with Crippen LogP contribution in [0.15, 0.2) is 0 Å². The number of hydrogen-bond donors (Lipinski definition) is 1. The lowest BCUT2D eigenvalue weighted by Crippen LogP contribution is -2.32. The van der Waals surface area contributed by atoms with Crippen molar-refractivity contribution in [1.29, 1.82) is 5.41 Å². The Morgan fingerprint density at radius 2 is 1.60 bits per heavy atom. The fourth-order valence-corrected chi connectivity index (χ4v) is 0.761. The number of hydrogen-bond acceptors (Lipinski definition) is 1. The van der Waals surface area contributed by atoms with E-state index in [9.17, 15) is 0 Å². The first-order valence-electron chi connectivity index (χ1n) is 2.18. The topological polar surface area (TPSA) is 27.1 Å². The first-order chi connectivity index (χ1) is 3.85. The molecule has 6 heteroatoms. The van der Waals surface area contributed by atoms with Crippen molar-refractivity contribution in [2.45, 2.75) is 3.79 Å². The van der Waals surface area contributed by atoms with E-state index in [1.807, 2.05) is 0 Å². The summed E-state index contributed by atoms with van der Waals surface area (Å²) in [6.07, 6.45) is 0. The molecule has 0 saturated carbocycles. The van der Waals surface area contributed by atoms with Gasteiger partial charge in [0.05, 0.1) is 0 Å². The van der Waals surface area contributed by atoms with E-state index < -0.39 is 3.79 Å². The van der Waals surface area contributed by atoms with Gasteiger partial charge in [-0.25, -0.2) is 0 Å². The van der Waals surface area contributed by atoms with Crippen LogP contribution in [0.2, 0.25) is 0 Å². The molecule has 10 heavy (non-hydrogen) atoms. The van der Waals surface area contributed by atoms with Gasteiger partial charge in [0.15, 0.2) is 0 Å². The van der Waals surface area contributed by atoms with Crippen LogP contribution < -0.4 is 0 Å². The second-order valence-electron chi connectivity index (χ2n) is 1.74. The normalized spacial score (nSPS) is 10.1. The molecule has 0 unspecified atom stereocenters. The molecule has 0 fully saturated rings. The van der Waals surface area contributed by atoms with Crippen LogP contribution in [0.4, 0.5) is 0 Å². The third kappa shape index (κ3) is 4.45. The predicted octanol–water partition coefficient (Wildman–Crippen LogP) is 2.32. The van der Waals surface area contributed by atoms with E-state index in [2.05, 4.69) is 0 Å². The van der Waals surface area contributed by atoms with Crippen molar-refractivity contribution < 1.29 is 0 Å². The first-order valence-corrected chi connectivity index (χ1v) is 3.32. The average molecular weight is 226 g/mol. The summed E-state index contributed by atoms with van der Waals surface area (Å²) in [5, 5.41) is 7.12. The highest BCUT2D eigenvalue weighted by Crippen LogP contribution is 2.27. The van der Waals surface area contributed by atoms with Crippen LogP contribution in [-0.2, 0) is 0 Å². The van der Waals surface area contributed by atoms with Crippen LogP contribution in [0.25, 0.3) is 0 Å². The van der Waals surface area contributed by atoms with Crippen LogP contribution in [0, 0.1) is 5.41 Å². The molecule has 0 amide bonds. The third-order valence-corrected chi connectivity index (χ3v) is 1.25. The van der Waals surface area contributed by atoms with E-state index in [1.54, 1.807) is 14.1 Å². The molecule has 0 saturated heterocycles. The van der Waals surface area contributed by atoms with Crippen molar-refractivity contribution in [1.82, 2.24) is 4.90 Å². The molecule has 0 aliphatic heterocycles. The van der Waals surface area contributed by atoms with Gasteiger partial charge in [0, 0.05) is 14.1 Å². The van der Waals surface area contributed by atoms with Gasteiger partial charge < -0.3 is 4.90 Å². The molecule has 0 aromatic heterocycles. The van der Waals surface area contributed by atoms with Gasteiger partial charge in [0.1, 0.15) is 5.84 Å². The van der Waals surface area contributed by atoms with Crippen LogP contribution in [0.1, 0.15) is 0 Å². The molecule has 0 heterocycles. The van der Waals surface area contributed by atoms with Crippen LogP contribution in [-0.4, -0.2) is 28.6 Å². The SMILES string of the molecule is CN(C)C(=N)C(Cl)(Cl)Cl.Cl. The molecule has 0 radical (unpaired) electrons. The molecular formula is C4H8Cl4N2. The minimum absolute atomic E-state index is 0. The maximum atomic E-state index is 7.12. The third-order valence-electron chi connectivity index (χ3n) is 0.716. The Balaban J connectivity index is 0. The van der Waals surface area contributed by atoms with Gasteiger partial charge in [0.2, 0.25) is 3.79 Å². The number of rotatable bonds is 0. The van der Waals surface area contributed by atoms with Gasteiger partial charge in [-0.3, -0.25) is 5.41 Å². The lowest BCUT2D eigenvalue weighted by atomic mass is 10.6. The van der Waals surface area contributed by atoms with Gasteiger partial charge in [0.25, 0.3) is 0 Å². The molecule has 2 nitrogen and oxygen atoms in total. The average Bonchev–Trinajstić information content (AvgIpc) is 1.62. The summed E-state index contributed by atoms with van der Waals surface area (Å²) in [5.41, 5.74) is 0. The summed E-state index contributed by atoms with van der Waals surface area (Å²) in [4.78, 5) is 1.44. The summed E-state index contributed by atoms with van der Waals surface area (Å²) in [6, 6.07) is 0. The molecule has 1 N–H and O–H groups in total. The van der Waals surface area contributed by atoms with Crippen molar-refractivity contribution in [2.75, 3.05) is 14.1 Å². The number of nitrogens with one attached hydrogen (secondary N) is 1. The van der Waals surface area contributed by atoms with E-state index in [4.69, 9.17) is 40.2 Å². The largest absolute Gasteiger partial charge is 0.363 e. The summed E-state index contributed by atoms with van der Waals surface area (Å²) in [5.74, 6) is -0.0347. The predicted molar refractivity (Wildman–Crippen MR) is 49.0 cm³/mol. The molecule has 0 rings (SSSR count). The van der Waals surface area contributed by atoms with Crippen molar-refractivity contribution >= 4 is 53.0 Å². The lowest BCUT2D eigenvalue weighted by molar-refractivity contribution is 0.607. The van der Waals surface area contributed by atoms with Crippen molar-refractivity contribution in [3.63, 3.8) is 0 Å². The maximum Gasteiger partial charge on any atom is 0.247 e. The molecule has 62 valence electrons. The molecule has 0 bridgehead atoms. The van der Waals surface area contributed by atoms with E-state index in [0.29, 0.717) is 0 Å². The van der Waals surface area contributed by atoms with E-state index in [1.165, 1.54) is 4.90 Å². The number of alkyl halides is 3. The van der Waals surface area contributed by atoms with Gasteiger partial charge in [-0.15, -0.1) is 12.4 Å². The Labute approximate surface area is 81.3 Å². The minimum Gasteiger partial charge on any atom is -0.363 e. The minimum atomic E-state index is -1.59. The molecule has 0 aromatic rings. The zero-order chi connectivity index (χ0) is 7.65. The van der Waals surface area contributed by atoms with Crippen LogP contribution >= 0.6 is 47.2 Å². The van der Waals surface area contributed by atoms with Crippen molar-refractivity contribution in [2.24, 2.45) is 0 Å².